The molecular formula is C13H20N4. The number of hydrogen-bond acceptors (Lipinski definition) is 3. The Balaban J connectivity index is 2.18. The molecule has 0 aromatic carbocycles. The molecule has 0 spiro atoms. The Morgan fingerprint density at radius 2 is 2.06 bits per heavy atom. The lowest BCUT2D eigenvalue weighted by molar-refractivity contribution is 0.238. The summed E-state index contributed by atoms with van der Waals surface area (Å²) >= 11 is 0. The Bertz CT molecular complexity index is 382. The summed E-state index contributed by atoms with van der Waals surface area (Å²) in [5.74, 6) is 0. The van der Waals surface area contributed by atoms with Crippen molar-refractivity contribution in [3.8, 4) is 6.07 Å². The molecule has 1 fully saturated rings. The first-order chi connectivity index (χ1) is 8.36. The first-order valence-electron chi connectivity index (χ1n) is 6.50. The number of hydrogen-bond donors (Lipinski definition) is 0. The zero-order valence-corrected chi connectivity index (χ0v) is 10.5. The molecule has 0 bridgehead atoms. The van der Waals surface area contributed by atoms with Crippen molar-refractivity contribution in [3.05, 3.63) is 18.2 Å². The summed E-state index contributed by atoms with van der Waals surface area (Å²) < 4.78 is 2.07. The zero-order chi connectivity index (χ0) is 12.1. The normalized spacial score (nSPS) is 19.5. The van der Waals surface area contributed by atoms with Crippen LogP contribution in [0.3, 0.4) is 0 Å². The van der Waals surface area contributed by atoms with Gasteiger partial charge in [0.25, 0.3) is 0 Å². The van der Waals surface area contributed by atoms with Gasteiger partial charge in [-0.25, -0.2) is 4.98 Å². The van der Waals surface area contributed by atoms with Crippen LogP contribution in [0.25, 0.3) is 0 Å². The summed E-state index contributed by atoms with van der Waals surface area (Å²) in [7, 11) is 0. The third-order valence-corrected chi connectivity index (χ3v) is 3.49. The average Bonchev–Trinajstić information content (AvgIpc) is 2.65. The van der Waals surface area contributed by atoms with E-state index >= 15 is 0 Å². The van der Waals surface area contributed by atoms with Gasteiger partial charge in [0.15, 0.2) is 0 Å². The second-order valence-electron chi connectivity index (χ2n) is 4.59. The summed E-state index contributed by atoms with van der Waals surface area (Å²) in [6, 6.07) is 2.31. The fraction of sp³-hybridized carbons (Fsp3) is 0.692. The number of nitrogens with zero attached hydrogens (tertiary/aromatic N) is 4. The summed E-state index contributed by atoms with van der Waals surface area (Å²) in [6.07, 6.45) is 8.65. The topological polar surface area (TPSA) is 44.9 Å². The molecule has 1 aromatic rings. The summed E-state index contributed by atoms with van der Waals surface area (Å²) in [5.41, 5.74) is 1.04. The van der Waals surface area contributed by atoms with E-state index in [2.05, 4.69) is 27.4 Å². The fourth-order valence-corrected chi connectivity index (χ4v) is 2.51. The highest BCUT2D eigenvalue weighted by molar-refractivity contribution is 5.14. The third kappa shape index (κ3) is 2.67. The molecule has 1 aliphatic heterocycles. The molecule has 2 heterocycles. The molecule has 1 atom stereocenters. The molecule has 0 amide bonds. The van der Waals surface area contributed by atoms with Crippen molar-refractivity contribution in [1.29, 1.82) is 5.26 Å². The minimum atomic E-state index is -0.129. The molecule has 0 N–H and O–H groups in total. The van der Waals surface area contributed by atoms with Gasteiger partial charge in [-0.2, -0.15) is 5.26 Å². The van der Waals surface area contributed by atoms with Crippen molar-refractivity contribution in [2.75, 3.05) is 13.1 Å². The van der Waals surface area contributed by atoms with Crippen LogP contribution in [0.15, 0.2) is 12.5 Å². The molecule has 0 radical (unpaired) electrons. The van der Waals surface area contributed by atoms with E-state index in [0.717, 1.165) is 25.3 Å². The number of imidazole rings is 1. The van der Waals surface area contributed by atoms with Crippen LogP contribution < -0.4 is 0 Å². The molecule has 4 heteroatoms. The summed E-state index contributed by atoms with van der Waals surface area (Å²) in [4.78, 5) is 6.47. The molecule has 1 saturated heterocycles. The maximum absolute atomic E-state index is 9.43. The van der Waals surface area contributed by atoms with Gasteiger partial charge in [0, 0.05) is 6.54 Å². The van der Waals surface area contributed by atoms with E-state index in [1.54, 1.807) is 0 Å². The van der Waals surface area contributed by atoms with Crippen LogP contribution in [0.1, 0.15) is 44.3 Å². The van der Waals surface area contributed by atoms with E-state index in [4.69, 9.17) is 0 Å². The molecule has 0 saturated carbocycles. The minimum absolute atomic E-state index is 0.129. The Morgan fingerprint density at radius 1 is 1.35 bits per heavy atom. The minimum Gasteiger partial charge on any atom is -0.333 e. The van der Waals surface area contributed by atoms with Gasteiger partial charge in [-0.3, -0.25) is 4.90 Å². The molecule has 1 aromatic heterocycles. The summed E-state index contributed by atoms with van der Waals surface area (Å²) in [5, 5.41) is 9.43. The van der Waals surface area contributed by atoms with Crippen molar-refractivity contribution in [2.45, 2.75) is 45.2 Å². The van der Waals surface area contributed by atoms with Crippen LogP contribution in [0.5, 0.6) is 0 Å². The zero-order valence-electron chi connectivity index (χ0n) is 10.5. The van der Waals surface area contributed by atoms with Gasteiger partial charge < -0.3 is 4.57 Å². The number of nitriles is 1. The van der Waals surface area contributed by atoms with E-state index in [-0.39, 0.29) is 6.04 Å². The van der Waals surface area contributed by atoms with Crippen LogP contribution >= 0.6 is 0 Å². The predicted molar refractivity (Wildman–Crippen MR) is 66.3 cm³/mol. The van der Waals surface area contributed by atoms with Crippen molar-refractivity contribution in [3.63, 3.8) is 0 Å². The van der Waals surface area contributed by atoms with E-state index in [0.29, 0.717) is 0 Å². The Labute approximate surface area is 103 Å². The van der Waals surface area contributed by atoms with E-state index in [1.807, 2.05) is 12.5 Å². The van der Waals surface area contributed by atoms with Crippen LogP contribution in [-0.4, -0.2) is 27.5 Å². The fourth-order valence-electron chi connectivity index (χ4n) is 2.51. The SMILES string of the molecule is CCn1cncc1C(C#N)N1CCCCCC1. The number of aryl methyl sites for hydroxylation is 1. The Hall–Kier alpha value is -1.34. The lowest BCUT2D eigenvalue weighted by Gasteiger charge is -2.25. The van der Waals surface area contributed by atoms with Gasteiger partial charge in [-0.1, -0.05) is 12.8 Å². The summed E-state index contributed by atoms with van der Waals surface area (Å²) in [6.45, 7) is 5.03. The lowest BCUT2D eigenvalue weighted by Crippen LogP contribution is -2.30. The molecule has 1 aliphatic rings. The van der Waals surface area contributed by atoms with Gasteiger partial charge in [-0.05, 0) is 32.9 Å². The van der Waals surface area contributed by atoms with E-state index < -0.39 is 0 Å². The standard InChI is InChI=1S/C13H20N4/c1-2-16-11-15-10-13(16)12(9-14)17-7-5-3-4-6-8-17/h10-12H,2-8H2,1H3. The monoisotopic (exact) mass is 232 g/mol. The van der Waals surface area contributed by atoms with Gasteiger partial charge in [-0.15, -0.1) is 0 Å². The second-order valence-corrected chi connectivity index (χ2v) is 4.59. The molecule has 2 rings (SSSR count). The van der Waals surface area contributed by atoms with Crippen LogP contribution in [0, 0.1) is 11.3 Å². The molecule has 4 nitrogen and oxygen atoms in total. The largest absolute Gasteiger partial charge is 0.333 e. The Kier molecular flexibility index (Phi) is 4.16. The van der Waals surface area contributed by atoms with Crippen LogP contribution in [-0.2, 0) is 6.54 Å². The molecular weight excluding hydrogens is 212 g/mol. The third-order valence-electron chi connectivity index (χ3n) is 3.49. The molecule has 0 aliphatic carbocycles. The molecule has 1 unspecified atom stereocenters. The smallest absolute Gasteiger partial charge is 0.140 e. The number of rotatable bonds is 3. The van der Waals surface area contributed by atoms with Gasteiger partial charge in [0.1, 0.15) is 6.04 Å². The second kappa shape index (κ2) is 5.83. The quantitative estimate of drug-likeness (QED) is 0.803. The maximum atomic E-state index is 9.43. The Morgan fingerprint density at radius 3 is 2.65 bits per heavy atom. The number of aromatic nitrogens is 2. The van der Waals surface area contributed by atoms with Gasteiger partial charge in [0.2, 0.25) is 0 Å². The van der Waals surface area contributed by atoms with E-state index in [1.165, 1.54) is 25.7 Å². The predicted octanol–water partition coefficient (Wildman–Crippen LogP) is 2.34. The van der Waals surface area contributed by atoms with Gasteiger partial charge >= 0.3 is 0 Å². The average molecular weight is 232 g/mol. The van der Waals surface area contributed by atoms with Gasteiger partial charge in [0.05, 0.1) is 24.3 Å². The van der Waals surface area contributed by atoms with Crippen molar-refractivity contribution in [2.24, 2.45) is 0 Å². The highest BCUT2D eigenvalue weighted by atomic mass is 15.2. The van der Waals surface area contributed by atoms with Crippen molar-refractivity contribution in [1.82, 2.24) is 14.5 Å². The van der Waals surface area contributed by atoms with Crippen molar-refractivity contribution >= 4 is 0 Å². The number of likely N-dealkylation sites (tertiary alicyclic amines) is 1. The maximum Gasteiger partial charge on any atom is 0.140 e. The van der Waals surface area contributed by atoms with Crippen LogP contribution in [0.2, 0.25) is 0 Å². The highest BCUT2D eigenvalue weighted by Gasteiger charge is 2.23. The lowest BCUT2D eigenvalue weighted by atomic mass is 10.2. The first kappa shape index (κ1) is 12.1. The molecule has 92 valence electrons. The highest BCUT2D eigenvalue weighted by Crippen LogP contribution is 2.23. The molecule has 17 heavy (non-hydrogen) atoms. The first-order valence-corrected chi connectivity index (χ1v) is 6.50. The van der Waals surface area contributed by atoms with E-state index in [9.17, 15) is 5.26 Å². The van der Waals surface area contributed by atoms with Crippen LogP contribution in [0.4, 0.5) is 0 Å². The van der Waals surface area contributed by atoms with Crippen molar-refractivity contribution < 1.29 is 0 Å².